The fourth-order valence-corrected chi connectivity index (χ4v) is 0.784. The minimum absolute atomic E-state index is 0. The molecule has 11 heteroatoms. The fraction of sp³-hybridized carbons (Fsp3) is 0. The van der Waals surface area contributed by atoms with Crippen LogP contribution in [0.1, 0.15) is 0 Å². The van der Waals surface area contributed by atoms with E-state index in [0.29, 0.717) is 0 Å². The van der Waals surface area contributed by atoms with Gasteiger partial charge in [-0.1, -0.05) is 0 Å². The molecule has 0 aliphatic rings. The Bertz CT molecular complexity index is 379. The second-order valence-corrected chi connectivity index (χ2v) is 2.31. The van der Waals surface area contributed by atoms with Crippen LogP contribution < -0.4 is 95.6 Å². The topological polar surface area (TPSA) is 55.3 Å². The third-order valence-electron chi connectivity index (χ3n) is 1.38. The molecule has 0 radical (unpaired) electrons. The largest absolute Gasteiger partial charge is 1.00 e. The third-order valence-corrected chi connectivity index (χ3v) is 1.38. The average molecular weight is 288 g/mol. The number of hydrogen-bond acceptors (Lipinski definition) is 3. The van der Waals surface area contributed by atoms with E-state index in [0.717, 1.165) is 0 Å². The smallest absolute Gasteiger partial charge is 0.860 e. The maximum Gasteiger partial charge on any atom is 1.00 e. The molecular formula is C6BF5KNaO3. The van der Waals surface area contributed by atoms with E-state index >= 15 is 0 Å². The molecule has 0 saturated heterocycles. The molecule has 0 atom stereocenters. The molecule has 0 N–H and O–H groups in total. The van der Waals surface area contributed by atoms with Gasteiger partial charge in [0.15, 0.2) is 5.75 Å². The maximum atomic E-state index is 12.6. The number of hydrogen-bond donors (Lipinski definition) is 0. The standard InChI is InChI=1S/C6BF5O3.K.Na/c8-1-2(9)4(11)6(15-7(13)14)5(12)3(1)10;;/q-2;2*+1. The molecular weight excluding hydrogens is 288 g/mol. The van der Waals surface area contributed by atoms with Crippen LogP contribution in [0.25, 0.3) is 0 Å². The number of rotatable bonds is 2. The Hall–Kier alpha value is 1.29. The summed E-state index contributed by atoms with van der Waals surface area (Å²) in [5.41, 5.74) is 0. The molecule has 17 heavy (non-hydrogen) atoms. The quantitative estimate of drug-likeness (QED) is 0.235. The molecule has 0 heterocycles. The minimum atomic E-state index is -3.20. The van der Waals surface area contributed by atoms with E-state index in [9.17, 15) is 32.0 Å². The van der Waals surface area contributed by atoms with Gasteiger partial charge in [0.05, 0.1) is 0 Å². The normalized spacial score (nSPS) is 9.12. The Morgan fingerprint density at radius 2 is 1.06 bits per heavy atom. The van der Waals surface area contributed by atoms with E-state index in [-0.39, 0.29) is 80.9 Å². The van der Waals surface area contributed by atoms with Crippen LogP contribution in [0.2, 0.25) is 0 Å². The summed E-state index contributed by atoms with van der Waals surface area (Å²) in [4.78, 5) is 0. The van der Waals surface area contributed by atoms with Gasteiger partial charge in [0.2, 0.25) is 29.1 Å². The molecule has 0 fully saturated rings. The SMILES string of the molecule is [K+].[Na+].[O-]B([O-])Oc1c(F)c(F)c(F)c(F)c1F. The van der Waals surface area contributed by atoms with E-state index in [2.05, 4.69) is 4.65 Å². The first-order valence-corrected chi connectivity index (χ1v) is 3.36. The molecule has 0 aliphatic carbocycles. The Balaban J connectivity index is 0. The van der Waals surface area contributed by atoms with Gasteiger partial charge in [0, 0.05) is 0 Å². The molecule has 0 saturated carbocycles. The first kappa shape index (κ1) is 20.6. The Labute approximate surface area is 157 Å². The van der Waals surface area contributed by atoms with Gasteiger partial charge in [-0.15, -0.1) is 0 Å². The van der Waals surface area contributed by atoms with Crippen molar-refractivity contribution in [3.8, 4) is 5.75 Å². The maximum absolute atomic E-state index is 12.6. The van der Waals surface area contributed by atoms with Crippen LogP contribution in [0.3, 0.4) is 0 Å². The summed E-state index contributed by atoms with van der Waals surface area (Å²) in [6.45, 7) is 0. The summed E-state index contributed by atoms with van der Waals surface area (Å²) < 4.78 is 65.9. The van der Waals surface area contributed by atoms with Crippen LogP contribution in [0.15, 0.2) is 0 Å². The van der Waals surface area contributed by atoms with E-state index < -0.39 is 42.2 Å². The van der Waals surface area contributed by atoms with Crippen LogP contribution >= 0.6 is 0 Å². The monoisotopic (exact) mass is 288 g/mol. The summed E-state index contributed by atoms with van der Waals surface area (Å²) >= 11 is 0. The summed E-state index contributed by atoms with van der Waals surface area (Å²) in [5, 5.41) is 19.7. The zero-order chi connectivity index (χ0) is 11.7. The first-order chi connectivity index (χ1) is 6.86. The van der Waals surface area contributed by atoms with E-state index in [1.807, 2.05) is 0 Å². The average Bonchev–Trinajstić information content (AvgIpc) is 2.18. The van der Waals surface area contributed by atoms with Crippen molar-refractivity contribution in [2.24, 2.45) is 0 Å². The second-order valence-electron chi connectivity index (χ2n) is 2.31. The van der Waals surface area contributed by atoms with Crippen molar-refractivity contribution in [2.75, 3.05) is 0 Å². The molecule has 0 bridgehead atoms. The summed E-state index contributed by atoms with van der Waals surface area (Å²) in [5.74, 6) is -13.6. The minimum Gasteiger partial charge on any atom is -0.860 e. The summed E-state index contributed by atoms with van der Waals surface area (Å²) in [6.07, 6.45) is 0. The van der Waals surface area contributed by atoms with Gasteiger partial charge in [0.25, 0.3) is 0 Å². The Kier molecular flexibility index (Phi) is 10.3. The molecule has 0 amide bonds. The molecule has 0 spiro atoms. The van der Waals surface area contributed by atoms with Crippen molar-refractivity contribution in [3.63, 3.8) is 0 Å². The Morgan fingerprint density at radius 1 is 0.765 bits per heavy atom. The second kappa shape index (κ2) is 8.46. The predicted octanol–water partition coefficient (Wildman–Crippen LogP) is -6.53. The zero-order valence-electron chi connectivity index (χ0n) is 8.69. The molecule has 0 aliphatic heterocycles. The molecule has 0 aromatic heterocycles. The van der Waals surface area contributed by atoms with Gasteiger partial charge in [-0.3, -0.25) is 0 Å². The molecule has 1 aromatic rings. The van der Waals surface area contributed by atoms with Gasteiger partial charge in [-0.05, 0) is 0 Å². The zero-order valence-corrected chi connectivity index (χ0v) is 13.8. The van der Waals surface area contributed by atoms with Crippen LogP contribution in [0.5, 0.6) is 5.75 Å². The predicted molar refractivity (Wildman–Crippen MR) is 32.6 cm³/mol. The molecule has 1 rings (SSSR count). The van der Waals surface area contributed by atoms with Gasteiger partial charge < -0.3 is 14.7 Å². The van der Waals surface area contributed by atoms with Crippen LogP contribution in [0, 0.1) is 29.1 Å². The third kappa shape index (κ3) is 4.71. The first-order valence-electron chi connectivity index (χ1n) is 3.36. The van der Waals surface area contributed by atoms with Crippen LogP contribution in [-0.4, -0.2) is 7.32 Å². The van der Waals surface area contributed by atoms with E-state index in [4.69, 9.17) is 0 Å². The van der Waals surface area contributed by atoms with Gasteiger partial charge >= 0.3 is 80.9 Å². The van der Waals surface area contributed by atoms with Crippen molar-refractivity contribution < 1.29 is 118 Å². The molecule has 1 aromatic carbocycles. The van der Waals surface area contributed by atoms with Crippen molar-refractivity contribution in [3.05, 3.63) is 29.1 Å². The van der Waals surface area contributed by atoms with Gasteiger partial charge in [0.1, 0.15) is 7.32 Å². The summed E-state index contributed by atoms with van der Waals surface area (Å²) in [6, 6.07) is 0. The van der Waals surface area contributed by atoms with Crippen LogP contribution in [0.4, 0.5) is 22.0 Å². The Morgan fingerprint density at radius 3 is 1.35 bits per heavy atom. The van der Waals surface area contributed by atoms with E-state index in [1.54, 1.807) is 0 Å². The van der Waals surface area contributed by atoms with Crippen molar-refractivity contribution >= 4 is 7.32 Å². The molecule has 3 nitrogen and oxygen atoms in total. The number of halogens is 5. The van der Waals surface area contributed by atoms with Crippen LogP contribution in [-0.2, 0) is 0 Å². The van der Waals surface area contributed by atoms with Crippen molar-refractivity contribution in [1.29, 1.82) is 0 Å². The number of benzene rings is 1. The van der Waals surface area contributed by atoms with Crippen molar-refractivity contribution in [2.45, 2.75) is 0 Å². The summed E-state index contributed by atoms with van der Waals surface area (Å²) in [7, 11) is -3.20. The van der Waals surface area contributed by atoms with Gasteiger partial charge in [-0.2, -0.15) is 8.78 Å². The fourth-order valence-electron chi connectivity index (χ4n) is 0.784. The molecule has 82 valence electrons. The van der Waals surface area contributed by atoms with Crippen molar-refractivity contribution in [1.82, 2.24) is 0 Å². The van der Waals surface area contributed by atoms with E-state index in [1.165, 1.54) is 0 Å². The molecule has 0 unspecified atom stereocenters. The van der Waals surface area contributed by atoms with Gasteiger partial charge in [-0.25, -0.2) is 13.2 Å².